The third-order valence-corrected chi connectivity index (χ3v) is 6.29. The van der Waals surface area contributed by atoms with E-state index in [0.29, 0.717) is 32.7 Å². The van der Waals surface area contributed by atoms with E-state index in [2.05, 4.69) is 0 Å². The number of amides is 1. The van der Waals surface area contributed by atoms with Crippen LogP contribution in [0, 0.1) is 10.1 Å². The lowest BCUT2D eigenvalue weighted by molar-refractivity contribution is -0.384. The molecule has 1 aliphatic heterocycles. The number of benzene rings is 1. The van der Waals surface area contributed by atoms with Crippen molar-refractivity contribution >= 4 is 65.1 Å². The Morgan fingerprint density at radius 2 is 1.67 bits per heavy atom. The number of halogens is 6. The largest absolute Gasteiger partial charge is 0.416 e. The maximum absolute atomic E-state index is 12.7. The first kappa shape index (κ1) is 29.1. The second kappa shape index (κ2) is 12.0. The molecule has 0 N–H and O–H groups in total. The third-order valence-electron chi connectivity index (χ3n) is 4.91. The summed E-state index contributed by atoms with van der Waals surface area (Å²) < 4.78 is 37.9. The highest BCUT2D eigenvalue weighted by Gasteiger charge is 2.31. The summed E-state index contributed by atoms with van der Waals surface area (Å²) in [7, 11) is 0. The van der Waals surface area contributed by atoms with Crippen LogP contribution in [0.4, 0.5) is 18.9 Å². The second-order valence-electron chi connectivity index (χ2n) is 6.91. The van der Waals surface area contributed by atoms with Gasteiger partial charge >= 0.3 is 6.18 Å². The summed E-state index contributed by atoms with van der Waals surface area (Å²) in [4.78, 5) is 38.8. The van der Waals surface area contributed by atoms with Crippen molar-refractivity contribution in [2.45, 2.75) is 12.6 Å². The minimum absolute atomic E-state index is 0. The molecule has 0 aliphatic carbocycles. The number of carbonyl (C=O) groups excluding carboxylic acids is 2. The molecular weight excluding hydrogens is 530 g/mol. The number of hydrogen-bond acceptors (Lipinski definition) is 6. The van der Waals surface area contributed by atoms with E-state index in [-0.39, 0.29) is 63.4 Å². The molecule has 14 heteroatoms. The van der Waals surface area contributed by atoms with Gasteiger partial charge in [-0.3, -0.25) is 24.6 Å². The van der Waals surface area contributed by atoms with E-state index in [1.54, 1.807) is 4.90 Å². The van der Waals surface area contributed by atoms with Gasteiger partial charge in [-0.15, -0.1) is 36.2 Å². The van der Waals surface area contributed by atoms with Crippen LogP contribution in [0.3, 0.4) is 0 Å². The van der Waals surface area contributed by atoms with Crippen LogP contribution in [-0.2, 0) is 6.18 Å². The number of rotatable bonds is 6. The van der Waals surface area contributed by atoms with Crippen molar-refractivity contribution in [3.63, 3.8) is 0 Å². The number of nitrogens with zero attached hydrogens (tertiary/aromatic N) is 3. The molecule has 0 bridgehead atoms. The molecule has 0 unspecified atom stereocenters. The monoisotopic (exact) mass is 547 g/mol. The van der Waals surface area contributed by atoms with Crippen molar-refractivity contribution in [3.8, 4) is 0 Å². The van der Waals surface area contributed by atoms with Gasteiger partial charge in [-0.25, -0.2) is 0 Å². The van der Waals surface area contributed by atoms with Gasteiger partial charge in [0.05, 0.1) is 15.4 Å². The molecule has 1 aromatic carbocycles. The topological polar surface area (TPSA) is 83.8 Å². The number of alkyl halides is 3. The molecule has 0 atom stereocenters. The van der Waals surface area contributed by atoms with Gasteiger partial charge in [-0.05, 0) is 24.3 Å². The minimum Gasteiger partial charge on any atom is -0.336 e. The molecule has 2 aromatic rings. The van der Waals surface area contributed by atoms with E-state index < -0.39 is 16.7 Å². The Labute approximate surface area is 208 Å². The Balaban J connectivity index is 0.00000272. The lowest BCUT2D eigenvalue weighted by atomic mass is 10.1. The summed E-state index contributed by atoms with van der Waals surface area (Å²) in [6.45, 7) is 2.19. The van der Waals surface area contributed by atoms with Gasteiger partial charge in [0.15, 0.2) is 10.1 Å². The number of hydrogen-bond donors (Lipinski definition) is 0. The summed E-state index contributed by atoms with van der Waals surface area (Å²) >= 11 is 6.66. The Morgan fingerprint density at radius 3 is 2.15 bits per heavy atom. The van der Waals surface area contributed by atoms with Crippen LogP contribution >= 0.6 is 47.8 Å². The molecular formula is C19H19Cl3F3N3O4S. The molecule has 3 rings (SSSR count). The number of ketones is 1. The first-order chi connectivity index (χ1) is 14.6. The fourth-order valence-corrected chi connectivity index (χ4v) is 4.35. The molecule has 0 spiro atoms. The van der Waals surface area contributed by atoms with Crippen LogP contribution in [-0.4, -0.2) is 59.1 Å². The van der Waals surface area contributed by atoms with Crippen LogP contribution in [0.1, 0.15) is 32.0 Å². The smallest absolute Gasteiger partial charge is 0.336 e. The normalized spacial score (nSPS) is 14.2. The fraction of sp³-hybridized carbons (Fsp3) is 0.368. The Kier molecular flexibility index (Phi) is 10.6. The van der Waals surface area contributed by atoms with Crippen molar-refractivity contribution in [1.82, 2.24) is 9.80 Å². The van der Waals surface area contributed by atoms with Crippen molar-refractivity contribution in [2.24, 2.45) is 0 Å². The van der Waals surface area contributed by atoms with E-state index in [0.717, 1.165) is 23.5 Å². The molecule has 1 fully saturated rings. The van der Waals surface area contributed by atoms with Crippen LogP contribution < -0.4 is 0 Å². The molecule has 182 valence electrons. The van der Waals surface area contributed by atoms with E-state index in [9.17, 15) is 32.9 Å². The summed E-state index contributed by atoms with van der Waals surface area (Å²) in [5.74, 6) is -0.590. The molecule has 0 saturated carbocycles. The Hall–Kier alpha value is -1.92. The van der Waals surface area contributed by atoms with Crippen molar-refractivity contribution in [1.29, 1.82) is 0 Å². The van der Waals surface area contributed by atoms with Gasteiger partial charge in [-0.1, -0.05) is 11.6 Å². The van der Waals surface area contributed by atoms with Crippen LogP contribution in [0.15, 0.2) is 30.3 Å². The van der Waals surface area contributed by atoms with Crippen molar-refractivity contribution in [3.05, 3.63) is 60.8 Å². The average Bonchev–Trinajstić information content (AvgIpc) is 3.13. The number of piperazine rings is 1. The highest BCUT2D eigenvalue weighted by Crippen LogP contribution is 2.34. The van der Waals surface area contributed by atoms with Gasteiger partial charge < -0.3 is 4.90 Å². The second-order valence-corrected chi connectivity index (χ2v) is 8.56. The zero-order valence-electron chi connectivity index (χ0n) is 16.8. The zero-order valence-corrected chi connectivity index (χ0v) is 20.0. The first-order valence-electron chi connectivity index (χ1n) is 9.22. The quantitative estimate of drug-likeness (QED) is 0.281. The van der Waals surface area contributed by atoms with Crippen LogP contribution in [0.5, 0.6) is 0 Å². The first-order valence-corrected chi connectivity index (χ1v) is 10.4. The van der Waals surface area contributed by atoms with Crippen molar-refractivity contribution < 1.29 is 27.7 Å². The van der Waals surface area contributed by atoms with Gasteiger partial charge in [-0.2, -0.15) is 13.2 Å². The predicted octanol–water partition coefficient (Wildman–Crippen LogP) is 5.20. The maximum Gasteiger partial charge on any atom is 0.416 e. The molecule has 1 aliphatic rings. The highest BCUT2D eigenvalue weighted by atomic mass is 35.5. The van der Waals surface area contributed by atoms with Crippen LogP contribution in [0.2, 0.25) is 4.34 Å². The molecule has 1 aromatic heterocycles. The Bertz CT molecular complexity index is 994. The number of carbonyl (C=O) groups is 2. The molecule has 1 amide bonds. The summed E-state index contributed by atoms with van der Waals surface area (Å²) in [6.07, 6.45) is -4.30. The van der Waals surface area contributed by atoms with Crippen molar-refractivity contribution in [2.75, 3.05) is 32.7 Å². The molecule has 7 nitrogen and oxygen atoms in total. The number of Topliss-reactive ketones (excluding diaryl/α,β-unsaturated/α-hetero) is 1. The van der Waals surface area contributed by atoms with E-state index in [4.69, 9.17) is 11.6 Å². The average molecular weight is 549 g/mol. The van der Waals surface area contributed by atoms with E-state index in [1.165, 1.54) is 18.2 Å². The van der Waals surface area contributed by atoms with Gasteiger partial charge in [0, 0.05) is 50.8 Å². The predicted molar refractivity (Wildman–Crippen MR) is 123 cm³/mol. The number of nitro groups is 1. The SMILES string of the molecule is Cl.Cl.O=C(CCN1CCN(C(=O)c2ccc(C(F)(F)F)cc2)CC1)c1cc([N+](=O)[O-])c(Cl)s1. The molecule has 1 saturated heterocycles. The standard InChI is InChI=1S/C19H17ClF3N3O4S.2ClH/c20-17-14(26(29)30)11-16(31-17)15(27)5-6-24-7-9-25(10-8-24)18(28)12-1-3-13(4-2-12)19(21,22)23;;/h1-4,11H,5-10H2;2*1H. The summed E-state index contributed by atoms with van der Waals surface area (Å²) in [5, 5.41) is 10.8. The van der Waals surface area contributed by atoms with Gasteiger partial charge in [0.25, 0.3) is 11.6 Å². The maximum atomic E-state index is 12.7. The Morgan fingerprint density at radius 1 is 1.09 bits per heavy atom. The summed E-state index contributed by atoms with van der Waals surface area (Å²) in [5.41, 5.74) is -0.908. The number of thiophene rings is 1. The molecule has 2 heterocycles. The lowest BCUT2D eigenvalue weighted by Crippen LogP contribution is -2.49. The van der Waals surface area contributed by atoms with E-state index >= 15 is 0 Å². The van der Waals surface area contributed by atoms with E-state index in [1.807, 2.05) is 4.90 Å². The van der Waals surface area contributed by atoms with Gasteiger partial charge in [0.1, 0.15) is 0 Å². The molecule has 0 radical (unpaired) electrons. The van der Waals surface area contributed by atoms with Gasteiger partial charge in [0.2, 0.25) is 0 Å². The zero-order chi connectivity index (χ0) is 22.8. The molecule has 33 heavy (non-hydrogen) atoms. The lowest BCUT2D eigenvalue weighted by Gasteiger charge is -2.34. The summed E-state index contributed by atoms with van der Waals surface area (Å²) in [6, 6.07) is 5.28. The third kappa shape index (κ3) is 7.28. The van der Waals surface area contributed by atoms with Crippen LogP contribution in [0.25, 0.3) is 0 Å². The minimum atomic E-state index is -4.45. The fourth-order valence-electron chi connectivity index (χ4n) is 3.16. The highest BCUT2D eigenvalue weighted by molar-refractivity contribution is 7.18.